The van der Waals surface area contributed by atoms with E-state index in [0.29, 0.717) is 25.1 Å². The van der Waals surface area contributed by atoms with Gasteiger partial charge in [-0.25, -0.2) is 4.98 Å². The van der Waals surface area contributed by atoms with Gasteiger partial charge in [-0.3, -0.25) is 4.79 Å². The molecule has 29 heavy (non-hydrogen) atoms. The Balaban J connectivity index is 1.74. The minimum absolute atomic E-state index is 0.0888. The minimum atomic E-state index is 0.0888. The van der Waals surface area contributed by atoms with Crippen molar-refractivity contribution in [2.45, 2.75) is 52.2 Å². The van der Waals surface area contributed by atoms with E-state index in [1.165, 1.54) is 0 Å². The zero-order valence-electron chi connectivity index (χ0n) is 16.9. The molecule has 1 fully saturated rings. The topological polar surface area (TPSA) is 92.2 Å². The molecule has 2 N–H and O–H groups in total. The number of hydrogen-bond acceptors (Lipinski definition) is 5. The van der Waals surface area contributed by atoms with E-state index in [1.807, 2.05) is 43.0 Å². The number of pyridine rings is 1. The van der Waals surface area contributed by atoms with Gasteiger partial charge < -0.3 is 15.4 Å². The van der Waals surface area contributed by atoms with E-state index >= 15 is 0 Å². The number of hydrogen-bond donors (Lipinski definition) is 1. The largest absolute Gasteiger partial charge is 0.491 e. The average molecular weight is 390 g/mol. The number of carbonyl (C=O) groups is 1. The van der Waals surface area contributed by atoms with E-state index < -0.39 is 0 Å². The van der Waals surface area contributed by atoms with E-state index in [9.17, 15) is 10.1 Å². The van der Waals surface area contributed by atoms with Gasteiger partial charge in [-0.2, -0.15) is 5.26 Å². The highest BCUT2D eigenvalue weighted by Crippen LogP contribution is 2.37. The summed E-state index contributed by atoms with van der Waals surface area (Å²) < 4.78 is 5.74. The first kappa shape index (κ1) is 19.3. The maximum atomic E-state index is 12.8. The molecule has 1 amide bonds. The van der Waals surface area contributed by atoms with Gasteiger partial charge in [0, 0.05) is 36.6 Å². The fourth-order valence-corrected chi connectivity index (χ4v) is 4.09. The summed E-state index contributed by atoms with van der Waals surface area (Å²) in [5.41, 5.74) is 10.00. The van der Waals surface area contributed by atoms with Gasteiger partial charge in [0.05, 0.1) is 11.8 Å². The summed E-state index contributed by atoms with van der Waals surface area (Å²) in [5.74, 6) is 1.41. The molecule has 0 bridgehead atoms. The van der Waals surface area contributed by atoms with Crippen LogP contribution in [-0.4, -0.2) is 28.4 Å². The van der Waals surface area contributed by atoms with Crippen molar-refractivity contribution < 1.29 is 9.53 Å². The number of amides is 1. The molecule has 1 aliphatic carbocycles. The van der Waals surface area contributed by atoms with Crippen molar-refractivity contribution in [3.63, 3.8) is 0 Å². The third-order valence-electron chi connectivity index (χ3n) is 5.77. The Morgan fingerprint density at radius 3 is 2.62 bits per heavy atom. The van der Waals surface area contributed by atoms with Gasteiger partial charge >= 0.3 is 0 Å². The lowest BCUT2D eigenvalue weighted by Crippen LogP contribution is -2.42. The molecule has 0 saturated heterocycles. The maximum Gasteiger partial charge on any atom is 0.225 e. The van der Waals surface area contributed by atoms with Crippen LogP contribution in [0.15, 0.2) is 24.3 Å². The van der Waals surface area contributed by atoms with Crippen molar-refractivity contribution >= 4 is 11.7 Å². The van der Waals surface area contributed by atoms with Gasteiger partial charge in [0.15, 0.2) is 0 Å². The van der Waals surface area contributed by atoms with Crippen LogP contribution in [0.25, 0.3) is 11.1 Å². The number of anilines is 1. The van der Waals surface area contributed by atoms with Crippen molar-refractivity contribution in [3.8, 4) is 22.9 Å². The summed E-state index contributed by atoms with van der Waals surface area (Å²) in [6.07, 6.45) is 3.84. The summed E-state index contributed by atoms with van der Waals surface area (Å²) in [4.78, 5) is 19.2. The third kappa shape index (κ3) is 3.65. The van der Waals surface area contributed by atoms with Crippen LogP contribution in [0.1, 0.15) is 49.9 Å². The van der Waals surface area contributed by atoms with Gasteiger partial charge in [0.2, 0.25) is 5.91 Å². The van der Waals surface area contributed by atoms with Crippen LogP contribution in [0.3, 0.4) is 0 Å². The predicted molar refractivity (Wildman–Crippen MR) is 111 cm³/mol. The first-order valence-corrected chi connectivity index (χ1v) is 10.2. The van der Waals surface area contributed by atoms with Crippen LogP contribution in [0, 0.1) is 17.2 Å². The average Bonchev–Trinajstić information content (AvgIpc) is 2.65. The Morgan fingerprint density at radius 2 is 2.03 bits per heavy atom. The number of fused-ring (bicyclic) bond motifs is 1. The number of aromatic nitrogens is 1. The Morgan fingerprint density at radius 1 is 1.31 bits per heavy atom. The molecule has 6 heteroatoms. The zero-order valence-corrected chi connectivity index (χ0v) is 16.9. The van der Waals surface area contributed by atoms with Crippen molar-refractivity contribution in [1.29, 1.82) is 5.26 Å². The lowest BCUT2D eigenvalue weighted by atomic mass is 9.83. The molecular formula is C23H26N4O2. The molecular weight excluding hydrogens is 364 g/mol. The van der Waals surface area contributed by atoms with Crippen LogP contribution in [0.4, 0.5) is 5.82 Å². The molecule has 2 heterocycles. The van der Waals surface area contributed by atoms with Gasteiger partial charge in [-0.1, -0.05) is 18.6 Å². The highest BCUT2D eigenvalue weighted by molar-refractivity contribution is 5.83. The first-order chi connectivity index (χ1) is 14.0. The van der Waals surface area contributed by atoms with Crippen LogP contribution in [0.5, 0.6) is 5.75 Å². The lowest BCUT2D eigenvalue weighted by Gasteiger charge is -2.35. The predicted octanol–water partition coefficient (Wildman–Crippen LogP) is 3.67. The molecule has 0 radical (unpaired) electrons. The second kappa shape index (κ2) is 7.75. The number of nitrogen functional groups attached to an aromatic ring is 1. The van der Waals surface area contributed by atoms with Gasteiger partial charge in [-0.15, -0.1) is 0 Å². The fraction of sp³-hybridized carbons (Fsp3) is 0.435. The highest BCUT2D eigenvalue weighted by atomic mass is 16.5. The highest BCUT2D eigenvalue weighted by Gasteiger charge is 2.33. The maximum absolute atomic E-state index is 12.8. The van der Waals surface area contributed by atoms with E-state index in [0.717, 1.165) is 47.4 Å². The lowest BCUT2D eigenvalue weighted by molar-refractivity contribution is -0.139. The Labute approximate surface area is 171 Å². The molecule has 0 unspecified atom stereocenters. The van der Waals surface area contributed by atoms with Crippen molar-refractivity contribution in [2.75, 3.05) is 12.3 Å². The van der Waals surface area contributed by atoms with Crippen molar-refractivity contribution in [1.82, 2.24) is 9.88 Å². The molecule has 0 spiro atoms. The molecule has 1 saturated carbocycles. The van der Waals surface area contributed by atoms with Crippen LogP contribution < -0.4 is 10.5 Å². The molecule has 2 aliphatic rings. The second-order valence-corrected chi connectivity index (χ2v) is 8.11. The molecule has 2 aromatic rings. The second-order valence-electron chi connectivity index (χ2n) is 8.11. The summed E-state index contributed by atoms with van der Waals surface area (Å²) in [6, 6.07) is 9.92. The fourth-order valence-electron chi connectivity index (χ4n) is 4.09. The van der Waals surface area contributed by atoms with Gasteiger partial charge in [0.25, 0.3) is 0 Å². The monoisotopic (exact) mass is 390 g/mol. The number of nitrogens with two attached hydrogens (primary N) is 1. The zero-order chi connectivity index (χ0) is 20.5. The van der Waals surface area contributed by atoms with Crippen molar-refractivity contribution in [3.05, 3.63) is 41.1 Å². The Hall–Kier alpha value is -3.07. The molecule has 0 atom stereocenters. The smallest absolute Gasteiger partial charge is 0.225 e. The Kier molecular flexibility index (Phi) is 5.14. The first-order valence-electron chi connectivity index (χ1n) is 10.2. The number of nitrogens with zero attached hydrogens (tertiary/aromatic N) is 3. The number of nitriles is 1. The van der Waals surface area contributed by atoms with E-state index in [1.54, 1.807) is 0 Å². The summed E-state index contributed by atoms with van der Waals surface area (Å²) in [5, 5.41) is 9.77. The summed E-state index contributed by atoms with van der Waals surface area (Å²) >= 11 is 0. The quantitative estimate of drug-likeness (QED) is 0.860. The van der Waals surface area contributed by atoms with Crippen LogP contribution in [0.2, 0.25) is 0 Å². The molecule has 1 aromatic heterocycles. The van der Waals surface area contributed by atoms with E-state index in [4.69, 9.17) is 10.5 Å². The SMILES string of the molecule is CC(C)Oc1ccc(-c2c(C#N)c(N)nc3c2CN(C(=O)C2CCC2)CC3)cc1. The third-order valence-corrected chi connectivity index (χ3v) is 5.77. The van der Waals surface area contributed by atoms with Gasteiger partial charge in [-0.05, 0) is 44.4 Å². The molecule has 150 valence electrons. The minimum Gasteiger partial charge on any atom is -0.491 e. The van der Waals surface area contributed by atoms with Crippen LogP contribution in [-0.2, 0) is 17.8 Å². The summed E-state index contributed by atoms with van der Waals surface area (Å²) in [7, 11) is 0. The molecule has 4 rings (SSSR count). The standard InChI is InChI=1S/C23H26N4O2/c1-14(2)29-17-8-6-15(7-9-17)21-18(12-24)22(25)26-20-10-11-27(13-19(20)21)23(28)16-4-3-5-16/h6-9,14,16H,3-5,10-11,13H2,1-2H3,(H2,25,26). The van der Waals surface area contributed by atoms with E-state index in [2.05, 4.69) is 11.1 Å². The summed E-state index contributed by atoms with van der Waals surface area (Å²) in [6.45, 7) is 5.10. The molecule has 6 nitrogen and oxygen atoms in total. The number of carbonyl (C=O) groups excluding carboxylic acids is 1. The Bertz CT molecular complexity index is 972. The van der Waals surface area contributed by atoms with E-state index in [-0.39, 0.29) is 23.7 Å². The molecule has 1 aliphatic heterocycles. The molecule has 1 aromatic carbocycles. The number of rotatable bonds is 4. The van der Waals surface area contributed by atoms with Crippen molar-refractivity contribution in [2.24, 2.45) is 5.92 Å². The van der Waals surface area contributed by atoms with Crippen LogP contribution >= 0.6 is 0 Å². The number of ether oxygens (including phenoxy) is 1. The van der Waals surface area contributed by atoms with Gasteiger partial charge in [0.1, 0.15) is 23.2 Å². The number of benzene rings is 1. The normalized spacial score (nSPS) is 16.1.